The van der Waals surface area contributed by atoms with Crippen molar-refractivity contribution in [2.45, 2.75) is 32.8 Å². The molecule has 1 aliphatic heterocycles. The van der Waals surface area contributed by atoms with Crippen LogP contribution in [-0.2, 0) is 17.6 Å². The molecular weight excluding hydrogens is 318 g/mol. The molecular formula is C19H23N3O3. The minimum absolute atomic E-state index is 0.142. The summed E-state index contributed by atoms with van der Waals surface area (Å²) in [5, 5.41) is 2.84. The maximum Gasteiger partial charge on any atom is 0.345 e. The Morgan fingerprint density at radius 3 is 3.00 bits per heavy atom. The van der Waals surface area contributed by atoms with E-state index >= 15 is 0 Å². The molecule has 1 aromatic carbocycles. The van der Waals surface area contributed by atoms with E-state index in [1.807, 2.05) is 18.2 Å². The molecule has 6 heteroatoms. The van der Waals surface area contributed by atoms with Crippen molar-refractivity contribution in [3.8, 4) is 0 Å². The van der Waals surface area contributed by atoms with Gasteiger partial charge in [-0.05, 0) is 36.0 Å². The highest BCUT2D eigenvalue weighted by molar-refractivity contribution is 5.92. The van der Waals surface area contributed by atoms with E-state index in [0.29, 0.717) is 25.5 Å². The van der Waals surface area contributed by atoms with Gasteiger partial charge in [-0.25, -0.2) is 4.79 Å². The highest BCUT2D eigenvalue weighted by atomic mass is 16.5. The minimum Gasteiger partial charge on any atom is -0.371 e. The van der Waals surface area contributed by atoms with E-state index in [0.717, 1.165) is 17.7 Å². The molecule has 0 aliphatic carbocycles. The summed E-state index contributed by atoms with van der Waals surface area (Å²) >= 11 is 0. The van der Waals surface area contributed by atoms with Gasteiger partial charge >= 0.3 is 5.69 Å². The fraction of sp³-hybridized carbons (Fsp3) is 0.421. The third-order valence-corrected chi connectivity index (χ3v) is 4.20. The molecule has 1 aromatic heterocycles. The molecule has 1 amide bonds. The lowest BCUT2D eigenvalue weighted by molar-refractivity contribution is 0.0411. The molecule has 132 valence electrons. The van der Waals surface area contributed by atoms with E-state index in [9.17, 15) is 9.59 Å². The molecule has 0 spiro atoms. The van der Waals surface area contributed by atoms with E-state index in [-0.39, 0.29) is 17.7 Å². The Morgan fingerprint density at radius 1 is 1.40 bits per heavy atom. The summed E-state index contributed by atoms with van der Waals surface area (Å²) in [6.07, 6.45) is 1.40. The third-order valence-electron chi connectivity index (χ3n) is 4.20. The average Bonchev–Trinajstić information content (AvgIpc) is 2.58. The molecule has 2 N–H and O–H groups in total. The van der Waals surface area contributed by atoms with E-state index in [4.69, 9.17) is 4.74 Å². The summed E-state index contributed by atoms with van der Waals surface area (Å²) in [6, 6.07) is 9.74. The Morgan fingerprint density at radius 2 is 2.20 bits per heavy atom. The predicted molar refractivity (Wildman–Crippen MR) is 94.6 cm³/mol. The lowest BCUT2D eigenvalue weighted by Gasteiger charge is -2.26. The number of aromatic amines is 1. The number of hydrogen-bond acceptors (Lipinski definition) is 4. The highest BCUT2D eigenvalue weighted by Crippen LogP contribution is 2.26. The zero-order valence-corrected chi connectivity index (χ0v) is 14.5. The summed E-state index contributed by atoms with van der Waals surface area (Å²) in [5.41, 5.74) is 2.72. The van der Waals surface area contributed by atoms with Gasteiger partial charge in [0.1, 0.15) is 11.8 Å². The maximum absolute atomic E-state index is 12.4. The highest BCUT2D eigenvalue weighted by Gasteiger charge is 2.21. The molecule has 1 atom stereocenters. The van der Waals surface area contributed by atoms with Crippen LogP contribution in [0.5, 0.6) is 0 Å². The van der Waals surface area contributed by atoms with Gasteiger partial charge in [-0.1, -0.05) is 38.1 Å². The van der Waals surface area contributed by atoms with Crippen LogP contribution in [0.15, 0.2) is 35.1 Å². The number of nitrogens with zero attached hydrogens (tertiary/aromatic N) is 1. The predicted octanol–water partition coefficient (Wildman–Crippen LogP) is 2.01. The van der Waals surface area contributed by atoms with Crippen molar-refractivity contribution in [1.82, 2.24) is 15.3 Å². The molecule has 2 aromatic rings. The van der Waals surface area contributed by atoms with Gasteiger partial charge in [0.2, 0.25) is 0 Å². The minimum atomic E-state index is -0.498. The second-order valence-electron chi connectivity index (χ2n) is 6.71. The van der Waals surface area contributed by atoms with E-state index < -0.39 is 5.69 Å². The fourth-order valence-electron chi connectivity index (χ4n) is 3.10. The van der Waals surface area contributed by atoms with Gasteiger partial charge in [-0.15, -0.1) is 0 Å². The average molecular weight is 341 g/mol. The van der Waals surface area contributed by atoms with Crippen LogP contribution in [0.3, 0.4) is 0 Å². The first-order valence-corrected chi connectivity index (χ1v) is 8.61. The molecule has 0 radical (unpaired) electrons. The number of nitrogens with one attached hydrogen (secondary N) is 2. The maximum atomic E-state index is 12.4. The van der Waals surface area contributed by atoms with Gasteiger partial charge in [-0.2, -0.15) is 4.98 Å². The summed E-state index contributed by atoms with van der Waals surface area (Å²) in [5.74, 6) is 0.0175. The van der Waals surface area contributed by atoms with Gasteiger partial charge in [0.25, 0.3) is 5.91 Å². The standard InChI is InChI=1S/C19H23N3O3/c1-12(2)9-14-10-16(22-19(24)21-14)18(23)20-11-17-15-6-4-3-5-13(15)7-8-25-17/h3-6,10,12,17H,7-9,11H2,1-2H3,(H,20,23)(H,21,22,24)/t17-/m0/s1. The Balaban J connectivity index is 1.69. The summed E-state index contributed by atoms with van der Waals surface area (Å²) in [6.45, 7) is 5.09. The number of carbonyl (C=O) groups is 1. The molecule has 0 saturated heterocycles. The lowest BCUT2D eigenvalue weighted by atomic mass is 9.97. The molecule has 1 aliphatic rings. The molecule has 2 heterocycles. The van der Waals surface area contributed by atoms with Gasteiger partial charge < -0.3 is 15.0 Å². The van der Waals surface area contributed by atoms with Gasteiger partial charge in [0.15, 0.2) is 0 Å². The van der Waals surface area contributed by atoms with Gasteiger partial charge in [0, 0.05) is 12.2 Å². The quantitative estimate of drug-likeness (QED) is 0.871. The topological polar surface area (TPSA) is 84.1 Å². The second-order valence-corrected chi connectivity index (χ2v) is 6.71. The van der Waals surface area contributed by atoms with Crippen LogP contribution in [0.4, 0.5) is 0 Å². The van der Waals surface area contributed by atoms with Crippen molar-refractivity contribution in [2.24, 2.45) is 5.92 Å². The van der Waals surface area contributed by atoms with Crippen LogP contribution >= 0.6 is 0 Å². The van der Waals surface area contributed by atoms with Crippen LogP contribution in [0.2, 0.25) is 0 Å². The van der Waals surface area contributed by atoms with Crippen LogP contribution in [-0.4, -0.2) is 29.0 Å². The number of amides is 1. The first-order valence-electron chi connectivity index (χ1n) is 8.61. The molecule has 0 saturated carbocycles. The number of rotatable bonds is 5. The van der Waals surface area contributed by atoms with Crippen LogP contribution < -0.4 is 11.0 Å². The molecule has 0 bridgehead atoms. The van der Waals surface area contributed by atoms with Gasteiger partial charge in [-0.3, -0.25) is 4.79 Å². The Bertz CT molecular complexity index is 814. The number of fused-ring (bicyclic) bond motifs is 1. The number of carbonyl (C=O) groups excluding carboxylic acids is 1. The monoisotopic (exact) mass is 341 g/mol. The SMILES string of the molecule is CC(C)Cc1cc(C(=O)NC[C@@H]2OCCc3ccccc32)nc(=O)[nH]1. The number of ether oxygens (including phenoxy) is 1. The van der Waals surface area contributed by atoms with Crippen molar-refractivity contribution in [2.75, 3.05) is 13.2 Å². The van der Waals surface area contributed by atoms with E-state index in [1.165, 1.54) is 5.56 Å². The summed E-state index contributed by atoms with van der Waals surface area (Å²) in [7, 11) is 0. The summed E-state index contributed by atoms with van der Waals surface area (Å²) < 4.78 is 5.79. The van der Waals surface area contributed by atoms with Crippen LogP contribution in [0, 0.1) is 5.92 Å². The Labute approximate surface area is 146 Å². The fourth-order valence-corrected chi connectivity index (χ4v) is 3.10. The first-order chi connectivity index (χ1) is 12.0. The lowest BCUT2D eigenvalue weighted by Crippen LogP contribution is -2.33. The normalized spacial score (nSPS) is 16.5. The van der Waals surface area contributed by atoms with E-state index in [1.54, 1.807) is 6.07 Å². The van der Waals surface area contributed by atoms with Crippen LogP contribution in [0.25, 0.3) is 0 Å². The van der Waals surface area contributed by atoms with Gasteiger partial charge in [0.05, 0.1) is 6.61 Å². The van der Waals surface area contributed by atoms with Crippen molar-refractivity contribution < 1.29 is 9.53 Å². The zero-order valence-electron chi connectivity index (χ0n) is 14.5. The van der Waals surface area contributed by atoms with Crippen molar-refractivity contribution in [1.29, 1.82) is 0 Å². The smallest absolute Gasteiger partial charge is 0.345 e. The number of benzene rings is 1. The number of H-pyrrole nitrogens is 1. The molecule has 3 rings (SSSR count). The first kappa shape index (κ1) is 17.4. The third kappa shape index (κ3) is 4.33. The summed E-state index contributed by atoms with van der Waals surface area (Å²) in [4.78, 5) is 30.6. The molecule has 25 heavy (non-hydrogen) atoms. The zero-order chi connectivity index (χ0) is 17.8. The Kier molecular flexibility index (Phi) is 5.28. The van der Waals surface area contributed by atoms with Crippen LogP contribution in [0.1, 0.15) is 47.3 Å². The largest absolute Gasteiger partial charge is 0.371 e. The second kappa shape index (κ2) is 7.61. The molecule has 0 unspecified atom stereocenters. The number of aromatic nitrogens is 2. The Hall–Kier alpha value is -2.47. The van der Waals surface area contributed by atoms with Crippen molar-refractivity contribution in [3.63, 3.8) is 0 Å². The van der Waals surface area contributed by atoms with E-state index in [2.05, 4.69) is 35.2 Å². The molecule has 6 nitrogen and oxygen atoms in total. The number of hydrogen-bond donors (Lipinski definition) is 2. The van der Waals surface area contributed by atoms with Crippen molar-refractivity contribution >= 4 is 5.91 Å². The van der Waals surface area contributed by atoms with Crippen molar-refractivity contribution in [3.05, 3.63) is 63.3 Å². The molecule has 0 fully saturated rings.